The van der Waals surface area contributed by atoms with E-state index in [-0.39, 0.29) is 5.97 Å². The van der Waals surface area contributed by atoms with E-state index in [0.29, 0.717) is 11.3 Å². The summed E-state index contributed by atoms with van der Waals surface area (Å²) in [6.07, 6.45) is 0. The summed E-state index contributed by atoms with van der Waals surface area (Å²) in [7, 11) is 0. The van der Waals surface area contributed by atoms with E-state index in [1.54, 1.807) is 0 Å². The Labute approximate surface area is 223 Å². The fraction of sp³-hybridized carbons (Fsp3) is 0. The van der Waals surface area contributed by atoms with Crippen LogP contribution in [0.2, 0.25) is 0 Å². The maximum absolute atomic E-state index is 13.9. The first-order valence-electron chi connectivity index (χ1n) is 13.2. The molecule has 0 radical (unpaired) electrons. The summed E-state index contributed by atoms with van der Waals surface area (Å²) in [5.41, 5.74) is 0.579. The number of benzene rings is 9. The number of ether oxygens (including phenoxy) is 1. The van der Waals surface area contributed by atoms with Crippen LogP contribution in [0.5, 0.6) is 5.75 Å². The Kier molecular flexibility index (Phi) is 3.96. The number of hydrogen-bond donors (Lipinski definition) is 0. The van der Waals surface area contributed by atoms with Crippen molar-refractivity contribution in [1.29, 1.82) is 0 Å². The molecule has 0 aliphatic rings. The minimum absolute atomic E-state index is 0.341. The Bertz CT molecular complexity index is 2410. The molecule has 9 aromatic carbocycles. The highest BCUT2D eigenvalue weighted by Crippen LogP contribution is 2.44. The van der Waals surface area contributed by atoms with Gasteiger partial charge in [0.2, 0.25) is 0 Å². The van der Waals surface area contributed by atoms with E-state index in [4.69, 9.17) is 4.74 Å². The Morgan fingerprint density at radius 1 is 0.385 bits per heavy atom. The van der Waals surface area contributed by atoms with Crippen molar-refractivity contribution in [3.63, 3.8) is 0 Å². The number of esters is 1. The average Bonchev–Trinajstić information content (AvgIpc) is 2.99. The topological polar surface area (TPSA) is 26.3 Å². The molecule has 0 saturated carbocycles. The molecule has 0 bridgehead atoms. The van der Waals surface area contributed by atoms with Crippen LogP contribution in [0.1, 0.15) is 10.4 Å². The van der Waals surface area contributed by atoms with Gasteiger partial charge in [0.15, 0.2) is 0 Å². The van der Waals surface area contributed by atoms with Crippen molar-refractivity contribution in [2.45, 2.75) is 0 Å². The van der Waals surface area contributed by atoms with Crippen molar-refractivity contribution >= 4 is 81.4 Å². The number of carbonyl (C=O) groups is 1. The minimum atomic E-state index is -0.341. The van der Waals surface area contributed by atoms with Gasteiger partial charge < -0.3 is 4.74 Å². The third kappa shape index (κ3) is 2.73. The highest BCUT2D eigenvalue weighted by atomic mass is 16.5. The molecule has 0 N–H and O–H groups in total. The second-order valence-corrected chi connectivity index (χ2v) is 10.4. The normalized spacial score (nSPS) is 12.2. The summed E-state index contributed by atoms with van der Waals surface area (Å²) in [6, 6.07) is 41.9. The fourth-order valence-corrected chi connectivity index (χ4v) is 6.78. The molecule has 0 atom stereocenters. The van der Waals surface area contributed by atoms with Gasteiger partial charge in [0, 0.05) is 10.8 Å². The van der Waals surface area contributed by atoms with Crippen LogP contribution in [0.15, 0.2) is 121 Å². The maximum Gasteiger partial charge on any atom is 0.344 e. The first-order chi connectivity index (χ1) is 19.3. The number of hydrogen-bond acceptors (Lipinski definition) is 2. The predicted octanol–water partition coefficient (Wildman–Crippen LogP) is 9.85. The van der Waals surface area contributed by atoms with Crippen molar-refractivity contribution in [2.75, 3.05) is 0 Å². The lowest BCUT2D eigenvalue weighted by Crippen LogP contribution is -2.10. The van der Waals surface area contributed by atoms with E-state index in [1.165, 1.54) is 37.7 Å². The third-order valence-electron chi connectivity index (χ3n) is 8.42. The number of fused-ring (bicyclic) bond motifs is 2. The molecule has 0 fully saturated rings. The molecule has 0 aliphatic carbocycles. The molecule has 39 heavy (non-hydrogen) atoms. The smallest absolute Gasteiger partial charge is 0.344 e. The lowest BCUT2D eigenvalue weighted by Gasteiger charge is -2.17. The molecule has 0 spiro atoms. The summed E-state index contributed by atoms with van der Waals surface area (Å²) in [6.45, 7) is 0. The molecule has 180 valence electrons. The van der Waals surface area contributed by atoms with Crippen LogP contribution in [0.25, 0.3) is 75.4 Å². The van der Waals surface area contributed by atoms with Gasteiger partial charge in [0.1, 0.15) is 5.75 Å². The second-order valence-electron chi connectivity index (χ2n) is 10.4. The van der Waals surface area contributed by atoms with Crippen LogP contribution in [0.3, 0.4) is 0 Å². The minimum Gasteiger partial charge on any atom is -0.422 e. The molecule has 0 saturated heterocycles. The molecule has 9 aromatic rings. The van der Waals surface area contributed by atoms with Crippen LogP contribution in [-0.2, 0) is 0 Å². The van der Waals surface area contributed by atoms with Crippen LogP contribution >= 0.6 is 0 Å². The molecule has 0 heterocycles. The zero-order valence-corrected chi connectivity index (χ0v) is 20.9. The zero-order valence-electron chi connectivity index (χ0n) is 20.9. The summed E-state index contributed by atoms with van der Waals surface area (Å²) < 4.78 is 6.32. The summed E-state index contributed by atoms with van der Waals surface area (Å²) in [4.78, 5) is 13.9. The van der Waals surface area contributed by atoms with Crippen molar-refractivity contribution in [2.24, 2.45) is 0 Å². The Hall–Kier alpha value is -5.21. The van der Waals surface area contributed by atoms with E-state index in [0.717, 1.165) is 37.7 Å². The molecule has 0 amide bonds. The van der Waals surface area contributed by atoms with Crippen LogP contribution in [0.4, 0.5) is 0 Å². The van der Waals surface area contributed by atoms with Gasteiger partial charge in [-0.15, -0.1) is 0 Å². The Morgan fingerprint density at radius 3 is 1.62 bits per heavy atom. The third-order valence-corrected chi connectivity index (χ3v) is 8.42. The first-order valence-corrected chi connectivity index (χ1v) is 13.2. The molecule has 0 aromatic heterocycles. The van der Waals surface area contributed by atoms with E-state index < -0.39 is 0 Å². The summed E-state index contributed by atoms with van der Waals surface area (Å²) >= 11 is 0. The quantitative estimate of drug-likeness (QED) is 0.103. The van der Waals surface area contributed by atoms with E-state index in [2.05, 4.69) is 103 Å². The SMILES string of the molecule is O=C(Oc1ccc2cccc3c4cccc5cccc(c1c23)c54)c1ccc2ccc3cccc4ccc1c2c34. The van der Waals surface area contributed by atoms with Crippen LogP contribution in [0, 0.1) is 0 Å². The lowest BCUT2D eigenvalue weighted by atomic mass is 9.89. The Balaban J connectivity index is 1.30. The maximum atomic E-state index is 13.9. The summed E-state index contributed by atoms with van der Waals surface area (Å²) in [5.74, 6) is 0.250. The van der Waals surface area contributed by atoms with Gasteiger partial charge in [-0.3, -0.25) is 0 Å². The highest BCUT2D eigenvalue weighted by molar-refractivity contribution is 6.34. The monoisotopic (exact) mass is 496 g/mol. The van der Waals surface area contributed by atoms with Gasteiger partial charge in [0.25, 0.3) is 0 Å². The number of rotatable bonds is 2. The fourth-order valence-electron chi connectivity index (χ4n) is 6.78. The molecule has 2 nitrogen and oxygen atoms in total. The molecule has 2 heteroatoms. The first kappa shape index (κ1) is 20.8. The molecule has 0 unspecified atom stereocenters. The van der Waals surface area contributed by atoms with Gasteiger partial charge in [-0.05, 0) is 76.8 Å². The lowest BCUT2D eigenvalue weighted by molar-refractivity contribution is 0.0739. The van der Waals surface area contributed by atoms with E-state index >= 15 is 0 Å². The van der Waals surface area contributed by atoms with Crippen molar-refractivity contribution in [3.8, 4) is 5.75 Å². The van der Waals surface area contributed by atoms with Crippen molar-refractivity contribution < 1.29 is 9.53 Å². The Morgan fingerprint density at radius 2 is 0.872 bits per heavy atom. The molecule has 9 rings (SSSR count). The van der Waals surface area contributed by atoms with Gasteiger partial charge in [-0.1, -0.05) is 109 Å². The molecular formula is C37H20O2. The van der Waals surface area contributed by atoms with Crippen molar-refractivity contribution in [3.05, 3.63) is 127 Å². The average molecular weight is 497 g/mol. The molecular weight excluding hydrogens is 476 g/mol. The summed E-state index contributed by atoms with van der Waals surface area (Å²) in [5, 5.41) is 15.8. The molecule has 0 aliphatic heterocycles. The van der Waals surface area contributed by atoms with Crippen LogP contribution in [-0.4, -0.2) is 5.97 Å². The van der Waals surface area contributed by atoms with Crippen LogP contribution < -0.4 is 4.74 Å². The number of carbonyl (C=O) groups excluding carboxylic acids is 1. The second kappa shape index (κ2) is 7.43. The van der Waals surface area contributed by atoms with Crippen molar-refractivity contribution in [1.82, 2.24) is 0 Å². The largest absolute Gasteiger partial charge is 0.422 e. The van der Waals surface area contributed by atoms with E-state index in [1.807, 2.05) is 18.2 Å². The predicted molar refractivity (Wildman–Crippen MR) is 163 cm³/mol. The van der Waals surface area contributed by atoms with Gasteiger partial charge >= 0.3 is 5.97 Å². The zero-order chi connectivity index (χ0) is 25.7. The van der Waals surface area contributed by atoms with Gasteiger partial charge in [-0.25, -0.2) is 4.79 Å². The van der Waals surface area contributed by atoms with Gasteiger partial charge in [0.05, 0.1) is 5.56 Å². The highest BCUT2D eigenvalue weighted by Gasteiger charge is 2.20. The standard InChI is InChI=1S/C37H20O2/c38-37(29-19-16-25-14-13-22-5-1-6-23-15-18-28(29)34(25)32(22)23)39-31-20-17-24-9-3-11-27-26-10-2-7-21-8-4-12-30(33(21)26)36(31)35(24)27/h1-20H. The van der Waals surface area contributed by atoms with E-state index in [9.17, 15) is 4.79 Å². The van der Waals surface area contributed by atoms with Gasteiger partial charge in [-0.2, -0.15) is 0 Å².